The van der Waals surface area contributed by atoms with Gasteiger partial charge in [0.1, 0.15) is 0 Å². The fraction of sp³-hybridized carbons (Fsp3) is 0.111. The standard InChI is InChI=1S/C9H8ClN3/c10-7-1-2-9-6(3-7)4-8(5-11)12-13-9/h1-4H,5,11H2. The number of hydrogen-bond donors (Lipinski definition) is 1. The molecule has 0 atom stereocenters. The van der Waals surface area contributed by atoms with E-state index in [2.05, 4.69) is 10.2 Å². The molecule has 4 heteroatoms. The summed E-state index contributed by atoms with van der Waals surface area (Å²) in [5.41, 5.74) is 7.05. The Bertz CT molecular complexity index is 442. The van der Waals surface area contributed by atoms with E-state index in [4.69, 9.17) is 17.3 Å². The molecule has 1 heterocycles. The van der Waals surface area contributed by atoms with Gasteiger partial charge in [-0.1, -0.05) is 11.6 Å². The van der Waals surface area contributed by atoms with Gasteiger partial charge in [0.25, 0.3) is 0 Å². The van der Waals surface area contributed by atoms with Crippen LogP contribution in [0.25, 0.3) is 10.9 Å². The Hall–Kier alpha value is -1.19. The minimum Gasteiger partial charge on any atom is -0.325 e. The molecular weight excluding hydrogens is 186 g/mol. The van der Waals surface area contributed by atoms with Gasteiger partial charge >= 0.3 is 0 Å². The summed E-state index contributed by atoms with van der Waals surface area (Å²) in [5.74, 6) is 0. The van der Waals surface area contributed by atoms with Crippen molar-refractivity contribution in [1.29, 1.82) is 0 Å². The molecule has 0 bridgehead atoms. The zero-order chi connectivity index (χ0) is 9.26. The van der Waals surface area contributed by atoms with Crippen LogP contribution >= 0.6 is 11.6 Å². The molecule has 0 spiro atoms. The topological polar surface area (TPSA) is 51.8 Å². The number of aromatic nitrogens is 2. The molecule has 0 radical (unpaired) electrons. The molecule has 0 aliphatic carbocycles. The zero-order valence-electron chi connectivity index (χ0n) is 6.87. The molecule has 0 amide bonds. The predicted molar refractivity (Wildman–Crippen MR) is 52.4 cm³/mol. The third-order valence-electron chi connectivity index (χ3n) is 1.81. The number of hydrogen-bond acceptors (Lipinski definition) is 3. The molecule has 1 aromatic heterocycles. The number of nitrogens with zero attached hydrogens (tertiary/aromatic N) is 2. The van der Waals surface area contributed by atoms with Gasteiger partial charge in [-0.3, -0.25) is 0 Å². The summed E-state index contributed by atoms with van der Waals surface area (Å²) in [6.07, 6.45) is 0. The molecule has 0 fully saturated rings. The van der Waals surface area contributed by atoms with E-state index >= 15 is 0 Å². The number of rotatable bonds is 1. The second-order valence-corrected chi connectivity index (χ2v) is 3.18. The number of nitrogens with two attached hydrogens (primary N) is 1. The monoisotopic (exact) mass is 193 g/mol. The van der Waals surface area contributed by atoms with Crippen LogP contribution < -0.4 is 5.73 Å². The highest BCUT2D eigenvalue weighted by atomic mass is 35.5. The fourth-order valence-electron chi connectivity index (χ4n) is 1.16. The Kier molecular flexibility index (Phi) is 2.12. The van der Waals surface area contributed by atoms with Crippen molar-refractivity contribution in [3.8, 4) is 0 Å². The summed E-state index contributed by atoms with van der Waals surface area (Å²) in [5, 5.41) is 9.61. The maximum absolute atomic E-state index is 5.83. The van der Waals surface area contributed by atoms with Gasteiger partial charge in [-0.25, -0.2) is 0 Å². The first-order valence-electron chi connectivity index (χ1n) is 3.91. The third-order valence-corrected chi connectivity index (χ3v) is 2.04. The van der Waals surface area contributed by atoms with Gasteiger partial charge in [0.2, 0.25) is 0 Å². The van der Waals surface area contributed by atoms with Crippen LogP contribution in [0, 0.1) is 0 Å². The quantitative estimate of drug-likeness (QED) is 0.751. The third kappa shape index (κ3) is 1.61. The van der Waals surface area contributed by atoms with Crippen LogP contribution in [0.3, 0.4) is 0 Å². The van der Waals surface area contributed by atoms with Crippen molar-refractivity contribution in [2.45, 2.75) is 6.54 Å². The van der Waals surface area contributed by atoms with Crippen LogP contribution in [0.5, 0.6) is 0 Å². The molecule has 2 aromatic rings. The second-order valence-electron chi connectivity index (χ2n) is 2.74. The highest BCUT2D eigenvalue weighted by molar-refractivity contribution is 6.31. The maximum atomic E-state index is 5.83. The lowest BCUT2D eigenvalue weighted by molar-refractivity contribution is 0.920. The normalized spacial score (nSPS) is 10.6. The van der Waals surface area contributed by atoms with E-state index < -0.39 is 0 Å². The predicted octanol–water partition coefficient (Wildman–Crippen LogP) is 1.74. The van der Waals surface area contributed by atoms with Crippen LogP contribution in [0.2, 0.25) is 5.02 Å². The molecule has 13 heavy (non-hydrogen) atoms. The molecule has 0 unspecified atom stereocenters. The minimum atomic E-state index is 0.398. The Labute approximate surface area is 80.5 Å². The Morgan fingerprint density at radius 1 is 1.23 bits per heavy atom. The molecule has 0 saturated carbocycles. The number of fused-ring (bicyclic) bond motifs is 1. The summed E-state index contributed by atoms with van der Waals surface area (Å²) in [7, 11) is 0. The SMILES string of the molecule is NCc1cc2cc(Cl)ccc2nn1. The van der Waals surface area contributed by atoms with E-state index in [-0.39, 0.29) is 0 Å². The van der Waals surface area contributed by atoms with Crippen LogP contribution in [0.4, 0.5) is 0 Å². The fourth-order valence-corrected chi connectivity index (χ4v) is 1.34. The summed E-state index contributed by atoms with van der Waals surface area (Å²) in [6, 6.07) is 7.38. The molecule has 2 N–H and O–H groups in total. The highest BCUT2D eigenvalue weighted by Gasteiger charge is 1.98. The maximum Gasteiger partial charge on any atom is 0.0930 e. The number of benzene rings is 1. The summed E-state index contributed by atoms with van der Waals surface area (Å²) >= 11 is 5.83. The van der Waals surface area contributed by atoms with Crippen molar-refractivity contribution in [2.75, 3.05) is 0 Å². The Balaban J connectivity index is 2.68. The van der Waals surface area contributed by atoms with Crippen molar-refractivity contribution in [3.63, 3.8) is 0 Å². The number of halogens is 1. The first-order valence-corrected chi connectivity index (χ1v) is 4.29. The van der Waals surface area contributed by atoms with Crippen molar-refractivity contribution in [1.82, 2.24) is 10.2 Å². The molecule has 2 rings (SSSR count). The first-order chi connectivity index (χ1) is 6.29. The summed E-state index contributed by atoms with van der Waals surface area (Å²) < 4.78 is 0. The van der Waals surface area contributed by atoms with Crippen molar-refractivity contribution < 1.29 is 0 Å². The van der Waals surface area contributed by atoms with Gasteiger partial charge in [-0.15, -0.1) is 0 Å². The van der Waals surface area contributed by atoms with Gasteiger partial charge < -0.3 is 5.73 Å². The van der Waals surface area contributed by atoms with Crippen LogP contribution in [0.1, 0.15) is 5.69 Å². The zero-order valence-corrected chi connectivity index (χ0v) is 7.62. The first kappa shape index (κ1) is 8.41. The van der Waals surface area contributed by atoms with Crippen LogP contribution in [0.15, 0.2) is 24.3 Å². The van der Waals surface area contributed by atoms with E-state index in [1.807, 2.05) is 18.2 Å². The van der Waals surface area contributed by atoms with E-state index in [9.17, 15) is 0 Å². The largest absolute Gasteiger partial charge is 0.325 e. The van der Waals surface area contributed by atoms with E-state index in [1.54, 1.807) is 6.07 Å². The lowest BCUT2D eigenvalue weighted by Gasteiger charge is -1.98. The van der Waals surface area contributed by atoms with E-state index in [1.165, 1.54) is 0 Å². The van der Waals surface area contributed by atoms with Gasteiger partial charge in [-0.05, 0) is 24.3 Å². The van der Waals surface area contributed by atoms with Gasteiger partial charge in [0, 0.05) is 17.0 Å². The minimum absolute atomic E-state index is 0.398. The van der Waals surface area contributed by atoms with Crippen LogP contribution in [-0.4, -0.2) is 10.2 Å². The molecule has 0 saturated heterocycles. The van der Waals surface area contributed by atoms with Crippen molar-refractivity contribution in [3.05, 3.63) is 35.0 Å². The highest BCUT2D eigenvalue weighted by Crippen LogP contribution is 2.17. The van der Waals surface area contributed by atoms with Gasteiger partial charge in [0.15, 0.2) is 0 Å². The Morgan fingerprint density at radius 3 is 2.85 bits per heavy atom. The van der Waals surface area contributed by atoms with Crippen molar-refractivity contribution in [2.24, 2.45) is 5.73 Å². The molecule has 66 valence electrons. The lowest BCUT2D eigenvalue weighted by atomic mass is 10.2. The molecule has 0 aliphatic heterocycles. The molecule has 1 aromatic carbocycles. The van der Waals surface area contributed by atoms with Gasteiger partial charge in [0.05, 0.1) is 11.2 Å². The Morgan fingerprint density at radius 2 is 2.08 bits per heavy atom. The molecule has 3 nitrogen and oxygen atoms in total. The lowest BCUT2D eigenvalue weighted by Crippen LogP contribution is -2.00. The molecular formula is C9H8ClN3. The van der Waals surface area contributed by atoms with E-state index in [0.29, 0.717) is 11.6 Å². The van der Waals surface area contributed by atoms with Gasteiger partial charge in [-0.2, -0.15) is 10.2 Å². The molecule has 0 aliphatic rings. The summed E-state index contributed by atoms with van der Waals surface area (Å²) in [6.45, 7) is 0.398. The van der Waals surface area contributed by atoms with Crippen molar-refractivity contribution >= 4 is 22.5 Å². The smallest absolute Gasteiger partial charge is 0.0930 e. The van der Waals surface area contributed by atoms with E-state index in [0.717, 1.165) is 16.6 Å². The second kappa shape index (κ2) is 3.28. The van der Waals surface area contributed by atoms with Crippen LogP contribution in [-0.2, 0) is 6.54 Å². The summed E-state index contributed by atoms with van der Waals surface area (Å²) in [4.78, 5) is 0. The average Bonchev–Trinajstić information content (AvgIpc) is 2.16. The average molecular weight is 194 g/mol.